The van der Waals surface area contributed by atoms with Crippen LogP contribution in [0.25, 0.3) is 0 Å². The molecule has 0 heterocycles. The van der Waals surface area contributed by atoms with E-state index in [1.165, 1.54) is 0 Å². The molecule has 0 aromatic rings. The van der Waals surface area contributed by atoms with Crippen LogP contribution in [0, 0.1) is 5.41 Å². The predicted molar refractivity (Wildman–Crippen MR) is 51.4 cm³/mol. The van der Waals surface area contributed by atoms with Gasteiger partial charge in [0.15, 0.2) is 9.84 Å². The average Bonchev–Trinajstić information content (AvgIpc) is 2.79. The van der Waals surface area contributed by atoms with E-state index in [1.54, 1.807) is 6.92 Å². The Hall–Kier alpha value is -0.620. The molecule has 1 aliphatic rings. The third kappa shape index (κ3) is 1.76. The molecule has 1 fully saturated rings. The van der Waals surface area contributed by atoms with Crippen molar-refractivity contribution >= 4 is 15.8 Å². The van der Waals surface area contributed by atoms with Gasteiger partial charge < -0.3 is 10.5 Å². The lowest BCUT2D eigenvalue weighted by atomic mass is 10.1. The second-order valence-electron chi connectivity index (χ2n) is 3.60. The molecule has 0 amide bonds. The minimum atomic E-state index is -3.19. The largest absolute Gasteiger partial charge is 0.465 e. The van der Waals surface area contributed by atoms with Crippen molar-refractivity contribution < 1.29 is 17.9 Å². The SMILES string of the molecule is CCOC(=O)[C@@]1(CN)C[C@@H]1S(C)(=O)=O. The van der Waals surface area contributed by atoms with E-state index in [0.29, 0.717) is 6.42 Å². The summed E-state index contributed by atoms with van der Waals surface area (Å²) in [5.41, 5.74) is 4.45. The molecule has 0 saturated heterocycles. The maximum atomic E-state index is 11.4. The van der Waals surface area contributed by atoms with E-state index in [1.807, 2.05) is 0 Å². The highest BCUT2D eigenvalue weighted by Gasteiger charge is 2.65. The summed E-state index contributed by atoms with van der Waals surface area (Å²) in [5, 5.41) is -0.654. The fraction of sp³-hybridized carbons (Fsp3) is 0.875. The van der Waals surface area contributed by atoms with Crippen molar-refractivity contribution in [3.63, 3.8) is 0 Å². The van der Waals surface area contributed by atoms with Crippen molar-refractivity contribution in [3.05, 3.63) is 0 Å². The molecule has 0 aromatic heterocycles. The van der Waals surface area contributed by atoms with Crippen LogP contribution in [0.2, 0.25) is 0 Å². The molecule has 14 heavy (non-hydrogen) atoms. The second kappa shape index (κ2) is 3.51. The Bertz CT molecular complexity index is 337. The lowest BCUT2D eigenvalue weighted by Crippen LogP contribution is -2.32. The zero-order valence-electron chi connectivity index (χ0n) is 8.32. The maximum Gasteiger partial charge on any atom is 0.314 e. The number of ether oxygens (including phenoxy) is 1. The zero-order valence-corrected chi connectivity index (χ0v) is 9.13. The molecular formula is C8H15NO4S. The van der Waals surface area contributed by atoms with Crippen LogP contribution in [0.1, 0.15) is 13.3 Å². The van der Waals surface area contributed by atoms with Crippen LogP contribution >= 0.6 is 0 Å². The summed E-state index contributed by atoms with van der Waals surface area (Å²) >= 11 is 0. The van der Waals surface area contributed by atoms with Crippen LogP contribution in [-0.2, 0) is 19.4 Å². The van der Waals surface area contributed by atoms with Crippen molar-refractivity contribution in [2.45, 2.75) is 18.6 Å². The smallest absolute Gasteiger partial charge is 0.314 e. The monoisotopic (exact) mass is 221 g/mol. The van der Waals surface area contributed by atoms with E-state index in [-0.39, 0.29) is 13.2 Å². The highest BCUT2D eigenvalue weighted by molar-refractivity contribution is 7.91. The van der Waals surface area contributed by atoms with Crippen molar-refractivity contribution in [3.8, 4) is 0 Å². The van der Waals surface area contributed by atoms with Crippen molar-refractivity contribution in [1.82, 2.24) is 0 Å². The molecule has 0 unspecified atom stereocenters. The number of sulfone groups is 1. The topological polar surface area (TPSA) is 86.5 Å². The average molecular weight is 221 g/mol. The van der Waals surface area contributed by atoms with Gasteiger partial charge in [-0.25, -0.2) is 8.42 Å². The quantitative estimate of drug-likeness (QED) is 0.635. The van der Waals surface area contributed by atoms with Gasteiger partial charge in [0.1, 0.15) is 0 Å². The first kappa shape index (κ1) is 11.5. The van der Waals surface area contributed by atoms with E-state index in [0.717, 1.165) is 6.26 Å². The van der Waals surface area contributed by atoms with Gasteiger partial charge in [-0.2, -0.15) is 0 Å². The number of carbonyl (C=O) groups excluding carboxylic acids is 1. The summed E-state index contributed by atoms with van der Waals surface area (Å²) in [6, 6.07) is 0. The van der Waals surface area contributed by atoms with E-state index >= 15 is 0 Å². The van der Waals surface area contributed by atoms with Crippen molar-refractivity contribution in [2.24, 2.45) is 11.1 Å². The molecule has 0 spiro atoms. The Morgan fingerprint density at radius 1 is 1.64 bits per heavy atom. The van der Waals surface area contributed by atoms with Gasteiger partial charge in [-0.05, 0) is 13.3 Å². The van der Waals surface area contributed by atoms with Gasteiger partial charge in [-0.3, -0.25) is 4.79 Å². The predicted octanol–water partition coefficient (Wildman–Crippen LogP) is -0.688. The Morgan fingerprint density at radius 2 is 2.21 bits per heavy atom. The lowest BCUT2D eigenvalue weighted by molar-refractivity contribution is -0.149. The molecular weight excluding hydrogens is 206 g/mol. The van der Waals surface area contributed by atoms with Gasteiger partial charge in [0.05, 0.1) is 17.3 Å². The van der Waals surface area contributed by atoms with Crippen LogP contribution in [0.15, 0.2) is 0 Å². The summed E-state index contributed by atoms with van der Waals surface area (Å²) in [4.78, 5) is 11.4. The number of carbonyl (C=O) groups is 1. The molecule has 1 saturated carbocycles. The van der Waals surface area contributed by atoms with E-state index in [9.17, 15) is 13.2 Å². The second-order valence-corrected chi connectivity index (χ2v) is 5.83. The fourth-order valence-electron chi connectivity index (χ4n) is 1.62. The van der Waals surface area contributed by atoms with E-state index < -0.39 is 26.5 Å². The van der Waals surface area contributed by atoms with Gasteiger partial charge in [0.2, 0.25) is 0 Å². The van der Waals surface area contributed by atoms with Crippen molar-refractivity contribution in [1.29, 1.82) is 0 Å². The van der Waals surface area contributed by atoms with Crippen molar-refractivity contribution in [2.75, 3.05) is 19.4 Å². The number of rotatable bonds is 4. The Morgan fingerprint density at radius 3 is 2.50 bits per heavy atom. The molecule has 0 radical (unpaired) electrons. The molecule has 6 heteroatoms. The third-order valence-corrected chi connectivity index (χ3v) is 4.22. The summed E-state index contributed by atoms with van der Waals surface area (Å²) in [7, 11) is -3.19. The molecule has 2 N–H and O–H groups in total. The summed E-state index contributed by atoms with van der Waals surface area (Å²) < 4.78 is 27.2. The van der Waals surface area contributed by atoms with E-state index in [4.69, 9.17) is 10.5 Å². The minimum Gasteiger partial charge on any atom is -0.465 e. The minimum absolute atomic E-state index is 0.0313. The molecule has 1 rings (SSSR count). The van der Waals surface area contributed by atoms with Gasteiger partial charge in [-0.1, -0.05) is 0 Å². The first-order valence-corrected chi connectivity index (χ1v) is 6.40. The Balaban J connectivity index is 2.80. The molecule has 5 nitrogen and oxygen atoms in total. The van der Waals surface area contributed by atoms with Crippen LogP contribution in [-0.4, -0.2) is 39.0 Å². The maximum absolute atomic E-state index is 11.4. The van der Waals surface area contributed by atoms with Gasteiger partial charge in [-0.15, -0.1) is 0 Å². The fourth-order valence-corrected chi connectivity index (χ4v) is 3.23. The van der Waals surface area contributed by atoms with Crippen LogP contribution in [0.5, 0.6) is 0 Å². The van der Waals surface area contributed by atoms with E-state index in [2.05, 4.69) is 0 Å². The van der Waals surface area contributed by atoms with Crippen LogP contribution in [0.4, 0.5) is 0 Å². The standard InChI is InChI=1S/C8H15NO4S/c1-3-13-7(10)8(5-9)4-6(8)14(2,11)12/h6H,3-5,9H2,1-2H3/t6-,8+/m0/s1. The van der Waals surface area contributed by atoms with Gasteiger partial charge in [0.25, 0.3) is 0 Å². The summed E-state index contributed by atoms with van der Waals surface area (Å²) in [6.45, 7) is 1.96. The van der Waals surface area contributed by atoms with Crippen LogP contribution < -0.4 is 5.73 Å². The third-order valence-electron chi connectivity index (χ3n) is 2.57. The number of nitrogens with two attached hydrogens (primary N) is 1. The molecule has 0 aromatic carbocycles. The number of esters is 1. The molecule has 1 aliphatic carbocycles. The van der Waals surface area contributed by atoms with Gasteiger partial charge in [0, 0.05) is 12.8 Å². The zero-order chi connectivity index (χ0) is 11.0. The van der Waals surface area contributed by atoms with Gasteiger partial charge >= 0.3 is 5.97 Å². The lowest BCUT2D eigenvalue weighted by Gasteiger charge is -2.12. The summed E-state index contributed by atoms with van der Waals surface area (Å²) in [6.07, 6.45) is 1.41. The molecule has 0 aliphatic heterocycles. The first-order chi connectivity index (χ1) is 6.38. The molecule has 0 bridgehead atoms. The normalized spacial score (nSPS) is 31.2. The van der Waals surface area contributed by atoms with Crippen LogP contribution in [0.3, 0.4) is 0 Å². The highest BCUT2D eigenvalue weighted by Crippen LogP contribution is 2.50. The Kier molecular flexibility index (Phi) is 2.87. The molecule has 2 atom stereocenters. The molecule has 82 valence electrons. The summed E-state index contributed by atoms with van der Waals surface area (Å²) in [5.74, 6) is -0.488. The highest BCUT2D eigenvalue weighted by atomic mass is 32.2. The number of hydrogen-bond donors (Lipinski definition) is 1. The Labute approximate surface area is 83.5 Å². The first-order valence-electron chi connectivity index (χ1n) is 4.44. The number of hydrogen-bond acceptors (Lipinski definition) is 5.